The molecule has 0 amide bonds. The number of hydrogen-bond acceptors (Lipinski definition) is 5. The van der Waals surface area contributed by atoms with Crippen LogP contribution in [0.2, 0.25) is 0 Å². The Morgan fingerprint density at radius 1 is 0.952 bits per heavy atom. The number of esters is 1. The summed E-state index contributed by atoms with van der Waals surface area (Å²) in [5.41, 5.74) is 0. The molecule has 0 aromatic rings. The van der Waals surface area contributed by atoms with Gasteiger partial charge in [-0.15, -0.1) is 0 Å². The number of piperazine rings is 1. The molecule has 0 radical (unpaired) electrons. The van der Waals surface area contributed by atoms with Gasteiger partial charge in [-0.2, -0.15) is 0 Å². The van der Waals surface area contributed by atoms with Crippen LogP contribution in [0.4, 0.5) is 0 Å². The summed E-state index contributed by atoms with van der Waals surface area (Å²) in [5.74, 6) is -0.102. The molecule has 2 atom stereocenters. The fourth-order valence-electron chi connectivity index (χ4n) is 3.53. The van der Waals surface area contributed by atoms with Gasteiger partial charge in [0.25, 0.3) is 0 Å². The lowest BCUT2D eigenvalue weighted by Gasteiger charge is -2.36. The maximum absolute atomic E-state index is 11.2. The van der Waals surface area contributed by atoms with Gasteiger partial charge >= 0.3 is 5.97 Å². The largest absolute Gasteiger partial charge is 0.469 e. The second kappa shape index (κ2) is 8.11. The summed E-state index contributed by atoms with van der Waals surface area (Å²) in [6.07, 6.45) is 3.21. The van der Waals surface area contributed by atoms with Crippen molar-refractivity contribution in [3.8, 4) is 0 Å². The van der Waals surface area contributed by atoms with Gasteiger partial charge < -0.3 is 9.64 Å². The van der Waals surface area contributed by atoms with E-state index in [1.54, 1.807) is 0 Å². The van der Waals surface area contributed by atoms with Crippen molar-refractivity contribution in [3.63, 3.8) is 0 Å². The van der Waals surface area contributed by atoms with Crippen LogP contribution in [0, 0.1) is 0 Å². The molecule has 0 N–H and O–H groups in total. The second-order valence-corrected chi connectivity index (χ2v) is 6.52. The molecule has 2 fully saturated rings. The second-order valence-electron chi connectivity index (χ2n) is 6.52. The molecule has 0 aromatic carbocycles. The Balaban J connectivity index is 1.62. The van der Waals surface area contributed by atoms with Gasteiger partial charge in [0.05, 0.1) is 13.5 Å². The summed E-state index contributed by atoms with van der Waals surface area (Å²) in [6, 6.07) is 1.50. The molecule has 0 unspecified atom stereocenters. The van der Waals surface area contributed by atoms with Crippen LogP contribution >= 0.6 is 0 Å². The molecule has 21 heavy (non-hydrogen) atoms. The number of carbonyl (C=O) groups is 1. The van der Waals surface area contributed by atoms with Crippen molar-refractivity contribution < 1.29 is 9.53 Å². The Bertz CT molecular complexity index is 319. The first-order valence-electron chi connectivity index (χ1n) is 8.37. The minimum atomic E-state index is -0.102. The van der Waals surface area contributed by atoms with Crippen LogP contribution in [-0.2, 0) is 9.53 Å². The van der Waals surface area contributed by atoms with E-state index in [0.717, 1.165) is 44.8 Å². The molecule has 0 bridgehead atoms. The monoisotopic (exact) mass is 297 g/mol. The van der Waals surface area contributed by atoms with Crippen LogP contribution < -0.4 is 0 Å². The zero-order valence-electron chi connectivity index (χ0n) is 13.9. The van der Waals surface area contributed by atoms with E-state index in [2.05, 4.69) is 28.5 Å². The standard InChI is InChI=1S/C16H31N3O2/c1-14-4-5-15(2)19(14)13-12-18-10-8-17(9-11-18)7-6-16(20)21-3/h14-15H,4-13H2,1-3H3/t14-,15-/m1/s1. The Morgan fingerprint density at radius 2 is 1.48 bits per heavy atom. The van der Waals surface area contributed by atoms with Crippen molar-refractivity contribution in [2.24, 2.45) is 0 Å². The molecule has 2 saturated heterocycles. The van der Waals surface area contributed by atoms with Gasteiger partial charge in [0.1, 0.15) is 0 Å². The first kappa shape index (κ1) is 16.7. The Hall–Kier alpha value is -0.650. The molecule has 0 spiro atoms. The predicted molar refractivity (Wildman–Crippen MR) is 84.4 cm³/mol. The van der Waals surface area contributed by atoms with Crippen molar-refractivity contribution in [2.45, 2.75) is 45.2 Å². The first-order valence-corrected chi connectivity index (χ1v) is 8.37. The van der Waals surface area contributed by atoms with Gasteiger partial charge in [0.2, 0.25) is 0 Å². The SMILES string of the molecule is COC(=O)CCN1CCN(CCN2[C@H](C)CC[C@H]2C)CC1. The summed E-state index contributed by atoms with van der Waals surface area (Å²) in [6.45, 7) is 12.3. The van der Waals surface area contributed by atoms with Gasteiger partial charge in [-0.3, -0.25) is 14.6 Å². The normalized spacial score (nSPS) is 28.9. The third-order valence-electron chi connectivity index (χ3n) is 5.13. The molecule has 5 heteroatoms. The molecule has 2 heterocycles. The molecular formula is C16H31N3O2. The highest BCUT2D eigenvalue weighted by Crippen LogP contribution is 2.22. The number of ether oxygens (including phenoxy) is 1. The summed E-state index contributed by atoms with van der Waals surface area (Å²) < 4.78 is 4.70. The lowest BCUT2D eigenvalue weighted by Crippen LogP contribution is -2.49. The maximum Gasteiger partial charge on any atom is 0.306 e. The van der Waals surface area contributed by atoms with Crippen molar-refractivity contribution in [2.75, 3.05) is 52.9 Å². The molecule has 0 saturated carbocycles. The van der Waals surface area contributed by atoms with Crippen LogP contribution in [0.3, 0.4) is 0 Å². The Labute approximate surface area is 129 Å². The fourth-order valence-corrected chi connectivity index (χ4v) is 3.53. The van der Waals surface area contributed by atoms with Crippen LogP contribution in [-0.4, -0.2) is 85.7 Å². The Kier molecular flexibility index (Phi) is 6.45. The van der Waals surface area contributed by atoms with Crippen molar-refractivity contribution >= 4 is 5.97 Å². The van der Waals surface area contributed by atoms with Crippen molar-refractivity contribution in [1.29, 1.82) is 0 Å². The third kappa shape index (κ3) is 4.94. The minimum Gasteiger partial charge on any atom is -0.469 e. The minimum absolute atomic E-state index is 0.102. The molecule has 2 aliphatic heterocycles. The zero-order chi connectivity index (χ0) is 15.2. The summed E-state index contributed by atoms with van der Waals surface area (Å²) >= 11 is 0. The number of hydrogen-bond donors (Lipinski definition) is 0. The molecule has 2 aliphatic rings. The van der Waals surface area contributed by atoms with Crippen LogP contribution in [0.25, 0.3) is 0 Å². The smallest absolute Gasteiger partial charge is 0.306 e. The fraction of sp³-hybridized carbons (Fsp3) is 0.938. The van der Waals surface area contributed by atoms with Crippen molar-refractivity contribution in [1.82, 2.24) is 14.7 Å². The lowest BCUT2D eigenvalue weighted by atomic mass is 10.2. The number of rotatable bonds is 6. The summed E-state index contributed by atoms with van der Waals surface area (Å²) in [7, 11) is 1.46. The molecule has 0 aromatic heterocycles. The number of carbonyl (C=O) groups excluding carboxylic acids is 1. The number of methoxy groups -OCH3 is 1. The number of likely N-dealkylation sites (tertiary alicyclic amines) is 1. The predicted octanol–water partition coefficient (Wildman–Crippen LogP) is 1.04. The third-order valence-corrected chi connectivity index (χ3v) is 5.13. The highest BCUT2D eigenvalue weighted by molar-refractivity contribution is 5.69. The van der Waals surface area contributed by atoms with Crippen LogP contribution in [0.5, 0.6) is 0 Å². The molecule has 0 aliphatic carbocycles. The van der Waals surface area contributed by atoms with Gasteiger partial charge in [0.15, 0.2) is 0 Å². The summed E-state index contributed by atoms with van der Waals surface area (Å²) in [5, 5.41) is 0. The highest BCUT2D eigenvalue weighted by Gasteiger charge is 2.27. The topological polar surface area (TPSA) is 36.0 Å². The molecule has 5 nitrogen and oxygen atoms in total. The van der Waals surface area contributed by atoms with E-state index < -0.39 is 0 Å². The van der Waals surface area contributed by atoms with E-state index >= 15 is 0 Å². The molecular weight excluding hydrogens is 266 g/mol. The van der Waals surface area contributed by atoms with Gasteiger partial charge in [-0.25, -0.2) is 0 Å². The van der Waals surface area contributed by atoms with Gasteiger partial charge in [0, 0.05) is 57.9 Å². The van der Waals surface area contributed by atoms with E-state index in [0.29, 0.717) is 6.42 Å². The Morgan fingerprint density at radius 3 is 2.00 bits per heavy atom. The molecule has 2 rings (SSSR count). The first-order chi connectivity index (χ1) is 10.1. The van der Waals surface area contributed by atoms with E-state index in [-0.39, 0.29) is 5.97 Å². The van der Waals surface area contributed by atoms with E-state index in [9.17, 15) is 4.79 Å². The average Bonchev–Trinajstić information content (AvgIpc) is 2.82. The summed E-state index contributed by atoms with van der Waals surface area (Å²) in [4.78, 5) is 18.8. The van der Waals surface area contributed by atoms with Crippen LogP contribution in [0.1, 0.15) is 33.1 Å². The average molecular weight is 297 g/mol. The lowest BCUT2D eigenvalue weighted by molar-refractivity contribution is -0.141. The van der Waals surface area contributed by atoms with Gasteiger partial charge in [-0.05, 0) is 26.7 Å². The number of nitrogens with zero attached hydrogens (tertiary/aromatic N) is 3. The highest BCUT2D eigenvalue weighted by atomic mass is 16.5. The van der Waals surface area contributed by atoms with E-state index in [4.69, 9.17) is 4.74 Å². The zero-order valence-corrected chi connectivity index (χ0v) is 13.9. The maximum atomic E-state index is 11.2. The van der Waals surface area contributed by atoms with Crippen molar-refractivity contribution in [3.05, 3.63) is 0 Å². The van der Waals surface area contributed by atoms with E-state index in [1.165, 1.54) is 33.0 Å². The van der Waals surface area contributed by atoms with E-state index in [1.807, 2.05) is 0 Å². The van der Waals surface area contributed by atoms with Crippen LogP contribution in [0.15, 0.2) is 0 Å². The van der Waals surface area contributed by atoms with Gasteiger partial charge in [-0.1, -0.05) is 0 Å². The molecule has 122 valence electrons. The quantitative estimate of drug-likeness (QED) is 0.685.